The van der Waals surface area contributed by atoms with Crippen LogP contribution in [0.2, 0.25) is 0 Å². The number of anilines is 4. The van der Waals surface area contributed by atoms with Crippen molar-refractivity contribution in [3.05, 3.63) is 18.2 Å². The molecule has 0 bridgehead atoms. The zero-order valence-corrected chi connectivity index (χ0v) is 19.8. The molecule has 3 N–H and O–H groups in total. The maximum atomic E-state index is 11.8. The van der Waals surface area contributed by atoms with Gasteiger partial charge in [0.05, 0.1) is 10.6 Å². The van der Waals surface area contributed by atoms with Gasteiger partial charge in [-0.05, 0) is 18.2 Å². The molecule has 0 radical (unpaired) electrons. The molecule has 2 heterocycles. The molecule has 1 saturated heterocycles. The molecular weight excluding hydrogens is 502 g/mol. The molecule has 1 aromatic heterocycles. The second-order valence-corrected chi connectivity index (χ2v) is 10.8. The minimum absolute atomic E-state index is 0.159. The first kappa shape index (κ1) is 25.1. The van der Waals surface area contributed by atoms with Gasteiger partial charge in [-0.2, -0.15) is 31.8 Å². The number of benzene rings is 1. The van der Waals surface area contributed by atoms with Crippen LogP contribution in [0.1, 0.15) is 0 Å². The van der Waals surface area contributed by atoms with Crippen molar-refractivity contribution in [3.63, 3.8) is 0 Å². The second kappa shape index (κ2) is 9.41. The van der Waals surface area contributed by atoms with Crippen LogP contribution in [-0.2, 0) is 31.5 Å². The van der Waals surface area contributed by atoms with Gasteiger partial charge < -0.3 is 19.7 Å². The summed E-state index contributed by atoms with van der Waals surface area (Å²) in [4.78, 5) is 14.6. The number of hydrogen-bond acceptors (Lipinski definition) is 12. The standard InChI is InChI=1S/C15H21N7O8S3/c1-20(2)14-17-13(18-15(19-14)21-5-7-22(8-6-21)31(23)24)16-11-9-10(32(25,26)27)3-4-12(11)33(28,29)30/h3-4,9H,5-8H2,1-2H3,(H,23,24)(H,25,26,27)(H,28,29,30)(H,16,17,18,19)/p-1. The lowest BCUT2D eigenvalue weighted by atomic mass is 10.3. The topological polar surface area (TPSA) is 209 Å². The Kier molecular flexibility index (Phi) is 7.17. The maximum absolute atomic E-state index is 11.8. The van der Waals surface area contributed by atoms with Crippen LogP contribution in [0, 0.1) is 0 Å². The first-order chi connectivity index (χ1) is 15.3. The molecular formula is C15H20N7O8S3-. The lowest BCUT2D eigenvalue weighted by Crippen LogP contribution is -2.47. The molecule has 2 aromatic rings. The van der Waals surface area contributed by atoms with E-state index in [1.807, 2.05) is 0 Å². The Bertz CT molecular complexity index is 1280. The van der Waals surface area contributed by atoms with E-state index in [1.54, 1.807) is 19.0 Å². The van der Waals surface area contributed by atoms with Crippen LogP contribution in [0.25, 0.3) is 0 Å². The predicted octanol–water partition coefficient (Wildman–Crippen LogP) is -0.909. The molecule has 1 fully saturated rings. The van der Waals surface area contributed by atoms with Crippen molar-refractivity contribution in [2.24, 2.45) is 0 Å². The largest absolute Gasteiger partial charge is 0.760 e. The lowest BCUT2D eigenvalue weighted by molar-refractivity contribution is 0.364. The first-order valence-corrected chi connectivity index (χ1v) is 13.1. The van der Waals surface area contributed by atoms with E-state index >= 15 is 0 Å². The SMILES string of the molecule is CN(C)c1nc(Nc2cc(S(=O)(=O)O)ccc2S(=O)(=O)O)nc(N2CCN(S(=O)[O-])CC2)n1. The van der Waals surface area contributed by atoms with E-state index in [2.05, 4.69) is 20.3 Å². The molecule has 33 heavy (non-hydrogen) atoms. The summed E-state index contributed by atoms with van der Waals surface area (Å²) in [6.07, 6.45) is 0. The molecule has 18 heteroatoms. The number of hydrogen-bond donors (Lipinski definition) is 3. The Hall–Kier alpha value is -2.48. The zero-order chi connectivity index (χ0) is 24.6. The molecule has 1 unspecified atom stereocenters. The van der Waals surface area contributed by atoms with Crippen LogP contribution in [0.3, 0.4) is 0 Å². The van der Waals surface area contributed by atoms with Gasteiger partial charge in [-0.1, -0.05) is 0 Å². The molecule has 0 saturated carbocycles. The highest BCUT2D eigenvalue weighted by atomic mass is 32.2. The van der Waals surface area contributed by atoms with Crippen molar-refractivity contribution in [1.82, 2.24) is 19.3 Å². The number of piperazine rings is 1. The fraction of sp³-hybridized carbons (Fsp3) is 0.400. The Morgan fingerprint density at radius 1 is 1.03 bits per heavy atom. The van der Waals surface area contributed by atoms with E-state index < -0.39 is 47.0 Å². The molecule has 1 aliphatic heterocycles. The van der Waals surface area contributed by atoms with Gasteiger partial charge in [-0.15, -0.1) is 0 Å². The third kappa shape index (κ3) is 6.10. The molecule has 1 aliphatic rings. The Balaban J connectivity index is 2.03. The third-order valence-corrected chi connectivity index (χ3v) is 7.07. The fourth-order valence-corrected chi connectivity index (χ4v) is 4.50. The highest BCUT2D eigenvalue weighted by Gasteiger charge is 2.24. The van der Waals surface area contributed by atoms with Crippen LogP contribution < -0.4 is 15.1 Å². The molecule has 1 atom stereocenters. The second-order valence-electron chi connectivity index (χ2n) is 7.02. The van der Waals surface area contributed by atoms with Crippen molar-refractivity contribution in [3.8, 4) is 0 Å². The average molecular weight is 523 g/mol. The van der Waals surface area contributed by atoms with Gasteiger partial charge >= 0.3 is 0 Å². The van der Waals surface area contributed by atoms with Crippen molar-refractivity contribution in [2.45, 2.75) is 9.79 Å². The van der Waals surface area contributed by atoms with E-state index in [-0.39, 0.29) is 44.0 Å². The van der Waals surface area contributed by atoms with E-state index in [4.69, 9.17) is 0 Å². The minimum Gasteiger partial charge on any atom is -0.760 e. The Morgan fingerprint density at radius 2 is 1.67 bits per heavy atom. The molecule has 0 spiro atoms. The third-order valence-electron chi connectivity index (χ3n) is 4.52. The normalized spacial score (nSPS) is 16.5. The lowest BCUT2D eigenvalue weighted by Gasteiger charge is -2.35. The van der Waals surface area contributed by atoms with Crippen molar-refractivity contribution in [1.29, 1.82) is 0 Å². The molecule has 0 aliphatic carbocycles. The van der Waals surface area contributed by atoms with Crippen molar-refractivity contribution < 1.29 is 34.7 Å². The quantitative estimate of drug-likeness (QED) is 0.297. The molecule has 1 aromatic carbocycles. The minimum atomic E-state index is -4.78. The molecule has 0 amide bonds. The molecule has 3 rings (SSSR count). The van der Waals surface area contributed by atoms with Gasteiger partial charge in [-0.3, -0.25) is 13.3 Å². The van der Waals surface area contributed by atoms with Gasteiger partial charge in [0, 0.05) is 51.5 Å². The Morgan fingerprint density at radius 3 is 2.18 bits per heavy atom. The van der Waals surface area contributed by atoms with Crippen LogP contribution >= 0.6 is 0 Å². The summed E-state index contributed by atoms with van der Waals surface area (Å²) < 4.78 is 88.8. The van der Waals surface area contributed by atoms with Crippen molar-refractivity contribution >= 4 is 55.0 Å². The van der Waals surface area contributed by atoms with E-state index in [0.717, 1.165) is 18.2 Å². The van der Waals surface area contributed by atoms with Crippen molar-refractivity contribution in [2.75, 3.05) is 55.4 Å². The summed E-state index contributed by atoms with van der Waals surface area (Å²) in [6, 6.07) is 2.42. The van der Waals surface area contributed by atoms with Gasteiger partial charge in [0.2, 0.25) is 17.8 Å². The van der Waals surface area contributed by atoms with E-state index in [9.17, 15) is 34.7 Å². The summed E-state index contributed by atoms with van der Waals surface area (Å²) in [5, 5.41) is 2.55. The summed E-state index contributed by atoms with van der Waals surface area (Å²) in [5.74, 6) is 0.138. The van der Waals surface area contributed by atoms with Gasteiger partial charge in [0.15, 0.2) is 0 Å². The molecule has 182 valence electrons. The van der Waals surface area contributed by atoms with Gasteiger partial charge in [0.1, 0.15) is 4.90 Å². The maximum Gasteiger partial charge on any atom is 0.296 e. The highest BCUT2D eigenvalue weighted by molar-refractivity contribution is 7.86. The number of aromatic nitrogens is 3. The van der Waals surface area contributed by atoms with Gasteiger partial charge in [-0.25, -0.2) is 4.31 Å². The smallest absolute Gasteiger partial charge is 0.296 e. The van der Waals surface area contributed by atoms with E-state index in [0.29, 0.717) is 0 Å². The van der Waals surface area contributed by atoms with Crippen LogP contribution in [0.5, 0.6) is 0 Å². The predicted molar refractivity (Wildman–Crippen MR) is 116 cm³/mol. The van der Waals surface area contributed by atoms with Gasteiger partial charge in [0.25, 0.3) is 20.2 Å². The van der Waals surface area contributed by atoms with Crippen LogP contribution in [-0.4, -0.2) is 94.2 Å². The first-order valence-electron chi connectivity index (χ1n) is 9.14. The summed E-state index contributed by atoms with van der Waals surface area (Å²) >= 11 is -2.35. The highest BCUT2D eigenvalue weighted by Crippen LogP contribution is 2.28. The average Bonchev–Trinajstić information content (AvgIpc) is 2.72. The van der Waals surface area contributed by atoms with Crippen LogP contribution in [0.15, 0.2) is 28.0 Å². The number of nitrogens with one attached hydrogen (secondary N) is 1. The monoisotopic (exact) mass is 522 g/mol. The van der Waals surface area contributed by atoms with E-state index in [1.165, 1.54) is 9.21 Å². The Labute approximate surface area is 192 Å². The molecule has 15 nitrogen and oxygen atoms in total. The zero-order valence-electron chi connectivity index (χ0n) is 17.3. The summed E-state index contributed by atoms with van der Waals surface area (Å²) in [6.45, 7) is 0.952. The number of rotatable bonds is 7. The summed E-state index contributed by atoms with van der Waals surface area (Å²) in [5.41, 5.74) is -0.402. The number of nitrogens with zero attached hydrogens (tertiary/aromatic N) is 6. The fourth-order valence-electron chi connectivity index (χ4n) is 2.90. The summed E-state index contributed by atoms with van der Waals surface area (Å²) in [7, 11) is -6.18. The van der Waals surface area contributed by atoms with Crippen LogP contribution in [0.4, 0.5) is 23.5 Å².